The van der Waals surface area contributed by atoms with Crippen LogP contribution < -0.4 is 10.9 Å². The SMILES string of the molecule is CC[C@@H](C(=O)Nc1ccc(F)cc1Cl)n1nc(C)c2nn(-c3ccccc3)c(C)c2c1=O. The van der Waals surface area contributed by atoms with Gasteiger partial charge in [-0.05, 0) is 50.6 Å². The highest BCUT2D eigenvalue weighted by molar-refractivity contribution is 6.33. The molecule has 9 heteroatoms. The summed E-state index contributed by atoms with van der Waals surface area (Å²) in [5, 5.41) is 12.1. The number of benzene rings is 2. The number of hydrogen-bond donors (Lipinski definition) is 1. The molecule has 7 nitrogen and oxygen atoms in total. The number of amides is 1. The third kappa shape index (κ3) is 3.78. The van der Waals surface area contributed by atoms with Gasteiger partial charge < -0.3 is 5.32 Å². The van der Waals surface area contributed by atoms with Gasteiger partial charge in [-0.25, -0.2) is 13.8 Å². The minimum absolute atomic E-state index is 0.0696. The van der Waals surface area contributed by atoms with Gasteiger partial charge in [-0.2, -0.15) is 10.2 Å². The van der Waals surface area contributed by atoms with E-state index < -0.39 is 23.3 Å². The molecule has 0 aliphatic heterocycles. The Kier molecular flexibility index (Phi) is 5.80. The largest absolute Gasteiger partial charge is 0.323 e. The third-order valence-electron chi connectivity index (χ3n) is 5.31. The van der Waals surface area contributed by atoms with Gasteiger partial charge in [0.2, 0.25) is 5.91 Å². The summed E-state index contributed by atoms with van der Waals surface area (Å²) in [5.41, 5.74) is 2.36. The number of rotatable bonds is 5. The van der Waals surface area contributed by atoms with Crippen LogP contribution >= 0.6 is 11.6 Å². The lowest BCUT2D eigenvalue weighted by atomic mass is 10.2. The van der Waals surface area contributed by atoms with Crippen molar-refractivity contribution in [3.63, 3.8) is 0 Å². The predicted molar refractivity (Wildman–Crippen MR) is 122 cm³/mol. The van der Waals surface area contributed by atoms with Crippen LogP contribution in [0.1, 0.15) is 30.8 Å². The average Bonchev–Trinajstić information content (AvgIpc) is 3.13. The van der Waals surface area contributed by atoms with Crippen molar-refractivity contribution in [2.24, 2.45) is 0 Å². The van der Waals surface area contributed by atoms with E-state index in [1.165, 1.54) is 16.8 Å². The Hall–Kier alpha value is -3.52. The molecule has 0 unspecified atom stereocenters. The maximum Gasteiger partial charge on any atom is 0.278 e. The number of anilines is 1. The van der Waals surface area contributed by atoms with E-state index in [2.05, 4.69) is 15.5 Å². The zero-order chi connectivity index (χ0) is 23.0. The standard InChI is InChI=1S/C23H21ClFN5O2/c1-4-19(22(31)26-18-11-10-15(25)12-17(18)24)30-23(32)20-14(3)29(16-8-6-5-7-9-16)28-21(20)13(2)27-30/h5-12,19H,4H2,1-3H3,(H,26,31)/t19-/m0/s1. The van der Waals surface area contributed by atoms with E-state index in [0.717, 1.165) is 11.8 Å². The number of carbonyl (C=O) groups excluding carboxylic acids is 1. The molecule has 164 valence electrons. The van der Waals surface area contributed by atoms with Gasteiger partial charge >= 0.3 is 0 Å². The minimum atomic E-state index is -0.883. The van der Waals surface area contributed by atoms with Gasteiger partial charge in [0.25, 0.3) is 5.56 Å². The normalized spacial score (nSPS) is 12.2. The molecule has 4 aromatic rings. The van der Waals surface area contributed by atoms with Crippen LogP contribution in [0.4, 0.5) is 10.1 Å². The van der Waals surface area contributed by atoms with Crippen LogP contribution in [-0.4, -0.2) is 25.5 Å². The number of aromatic nitrogens is 4. The van der Waals surface area contributed by atoms with Gasteiger partial charge in [0.05, 0.1) is 33.2 Å². The summed E-state index contributed by atoms with van der Waals surface area (Å²) in [5.74, 6) is -0.979. The zero-order valence-electron chi connectivity index (χ0n) is 17.8. The molecular formula is C23H21ClFN5O2. The Labute approximate surface area is 188 Å². The van der Waals surface area contributed by atoms with E-state index in [-0.39, 0.29) is 10.7 Å². The Morgan fingerprint density at radius 3 is 2.53 bits per heavy atom. The Bertz CT molecular complexity index is 1380. The molecule has 0 spiro atoms. The first-order valence-electron chi connectivity index (χ1n) is 10.1. The molecule has 2 aromatic carbocycles. The predicted octanol–water partition coefficient (Wildman–Crippen LogP) is 4.58. The lowest BCUT2D eigenvalue weighted by molar-refractivity contribution is -0.119. The van der Waals surface area contributed by atoms with Crippen molar-refractivity contribution in [2.75, 3.05) is 5.32 Å². The second-order valence-electron chi connectivity index (χ2n) is 7.43. The Morgan fingerprint density at radius 2 is 1.88 bits per heavy atom. The van der Waals surface area contributed by atoms with Crippen LogP contribution in [-0.2, 0) is 4.79 Å². The number of nitrogens with one attached hydrogen (secondary N) is 1. The summed E-state index contributed by atoms with van der Waals surface area (Å²) in [7, 11) is 0. The van der Waals surface area contributed by atoms with E-state index in [1.807, 2.05) is 37.3 Å². The van der Waals surface area contributed by atoms with E-state index in [4.69, 9.17) is 11.6 Å². The molecule has 0 fully saturated rings. The molecule has 0 saturated carbocycles. The lowest BCUT2D eigenvalue weighted by Gasteiger charge is -2.18. The summed E-state index contributed by atoms with van der Waals surface area (Å²) >= 11 is 6.03. The van der Waals surface area contributed by atoms with E-state index in [1.54, 1.807) is 18.5 Å². The molecule has 1 amide bonds. The number of hydrogen-bond acceptors (Lipinski definition) is 4. The van der Waals surface area contributed by atoms with E-state index in [9.17, 15) is 14.0 Å². The Morgan fingerprint density at radius 1 is 1.16 bits per heavy atom. The molecule has 2 aromatic heterocycles. The van der Waals surface area contributed by atoms with Crippen molar-refractivity contribution >= 4 is 34.1 Å². The van der Waals surface area contributed by atoms with Gasteiger partial charge in [-0.1, -0.05) is 36.7 Å². The van der Waals surface area contributed by atoms with Gasteiger partial charge in [0.15, 0.2) is 0 Å². The van der Waals surface area contributed by atoms with Crippen LogP contribution in [0.3, 0.4) is 0 Å². The fourth-order valence-electron chi connectivity index (χ4n) is 3.69. The highest BCUT2D eigenvalue weighted by atomic mass is 35.5. The van der Waals surface area contributed by atoms with E-state index in [0.29, 0.717) is 28.7 Å². The van der Waals surface area contributed by atoms with Crippen molar-refractivity contribution in [1.29, 1.82) is 0 Å². The summed E-state index contributed by atoms with van der Waals surface area (Å²) in [6.45, 7) is 5.35. The van der Waals surface area contributed by atoms with Crippen LogP contribution in [0.25, 0.3) is 16.6 Å². The topological polar surface area (TPSA) is 81.8 Å². The number of carbonyl (C=O) groups is 1. The number of halogens is 2. The Balaban J connectivity index is 1.79. The number of fused-ring (bicyclic) bond motifs is 1. The molecule has 1 atom stereocenters. The van der Waals surface area contributed by atoms with Gasteiger partial charge in [0, 0.05) is 0 Å². The maximum atomic E-state index is 13.4. The second-order valence-corrected chi connectivity index (χ2v) is 7.84. The number of aryl methyl sites for hydroxylation is 2. The maximum absolute atomic E-state index is 13.4. The van der Waals surface area contributed by atoms with E-state index >= 15 is 0 Å². The minimum Gasteiger partial charge on any atom is -0.323 e. The van der Waals surface area contributed by atoms with Crippen LogP contribution in [0.5, 0.6) is 0 Å². The molecule has 0 bridgehead atoms. The van der Waals surface area contributed by atoms with Crippen molar-refractivity contribution in [3.05, 3.63) is 81.1 Å². The average molecular weight is 454 g/mol. The van der Waals surface area contributed by atoms with Crippen molar-refractivity contribution in [2.45, 2.75) is 33.2 Å². The van der Waals surface area contributed by atoms with Crippen LogP contribution in [0.15, 0.2) is 53.3 Å². The summed E-state index contributed by atoms with van der Waals surface area (Å²) < 4.78 is 16.2. The van der Waals surface area contributed by atoms with Gasteiger partial charge in [-0.3, -0.25) is 9.59 Å². The van der Waals surface area contributed by atoms with Crippen LogP contribution in [0, 0.1) is 19.7 Å². The summed E-state index contributed by atoms with van der Waals surface area (Å²) in [6, 6.07) is 12.3. The summed E-state index contributed by atoms with van der Waals surface area (Å²) in [4.78, 5) is 26.4. The molecule has 1 N–H and O–H groups in total. The van der Waals surface area contributed by atoms with Crippen molar-refractivity contribution in [3.8, 4) is 5.69 Å². The highest BCUT2D eigenvalue weighted by Crippen LogP contribution is 2.25. The fraction of sp³-hybridized carbons (Fsp3) is 0.217. The first kappa shape index (κ1) is 21.7. The zero-order valence-corrected chi connectivity index (χ0v) is 18.5. The first-order chi connectivity index (χ1) is 15.3. The number of nitrogens with zero attached hydrogens (tertiary/aromatic N) is 4. The fourth-order valence-corrected chi connectivity index (χ4v) is 3.90. The third-order valence-corrected chi connectivity index (χ3v) is 5.63. The monoisotopic (exact) mass is 453 g/mol. The van der Waals surface area contributed by atoms with Crippen molar-refractivity contribution < 1.29 is 9.18 Å². The molecule has 32 heavy (non-hydrogen) atoms. The smallest absolute Gasteiger partial charge is 0.278 e. The molecule has 0 saturated heterocycles. The van der Waals surface area contributed by atoms with Crippen molar-refractivity contribution in [1.82, 2.24) is 19.6 Å². The summed E-state index contributed by atoms with van der Waals surface area (Å²) in [6.07, 6.45) is 0.314. The molecule has 0 aliphatic rings. The number of para-hydroxylation sites is 1. The molecule has 2 heterocycles. The lowest BCUT2D eigenvalue weighted by Crippen LogP contribution is -2.35. The van der Waals surface area contributed by atoms with Gasteiger partial charge in [-0.15, -0.1) is 0 Å². The van der Waals surface area contributed by atoms with Crippen LogP contribution in [0.2, 0.25) is 5.02 Å². The van der Waals surface area contributed by atoms with Gasteiger partial charge in [0.1, 0.15) is 17.4 Å². The first-order valence-corrected chi connectivity index (χ1v) is 10.5. The molecule has 0 radical (unpaired) electrons. The second kappa shape index (κ2) is 8.55. The molecule has 0 aliphatic carbocycles. The molecule has 4 rings (SSSR count). The molecular weight excluding hydrogens is 433 g/mol. The highest BCUT2D eigenvalue weighted by Gasteiger charge is 2.26. The quantitative estimate of drug-likeness (QED) is 0.479.